The third-order valence-corrected chi connectivity index (χ3v) is 3.34. The van der Waals surface area contributed by atoms with Crippen LogP contribution in [0.4, 0.5) is 10.1 Å². The number of halogens is 1. The van der Waals surface area contributed by atoms with Crippen molar-refractivity contribution in [1.29, 1.82) is 0 Å². The van der Waals surface area contributed by atoms with E-state index in [1.54, 1.807) is 31.3 Å². The van der Waals surface area contributed by atoms with Crippen molar-refractivity contribution >= 4 is 23.3 Å². The molecule has 0 aromatic heterocycles. The maximum absolute atomic E-state index is 13.5. The maximum atomic E-state index is 13.5. The minimum absolute atomic E-state index is 0.0165. The number of oxime groups is 1. The van der Waals surface area contributed by atoms with Crippen molar-refractivity contribution in [1.82, 2.24) is 0 Å². The molecule has 2 aromatic rings. The van der Waals surface area contributed by atoms with Crippen LogP contribution in [0.5, 0.6) is 0 Å². The molecular weight excluding hydrogens is 287 g/mol. The van der Waals surface area contributed by atoms with Crippen LogP contribution < -0.4 is 4.90 Å². The van der Waals surface area contributed by atoms with Gasteiger partial charge in [0.05, 0.1) is 11.3 Å². The average Bonchev–Trinajstić information content (AvgIpc) is 2.77. The number of amides is 1. The number of carbonyl (C=O) groups excluding carboxylic acids is 2. The molecule has 1 amide bonds. The molecule has 5 nitrogen and oxygen atoms in total. The number of nitrogens with zero attached hydrogens (tertiary/aromatic N) is 2. The molecule has 1 aliphatic heterocycles. The monoisotopic (exact) mass is 298 g/mol. The summed E-state index contributed by atoms with van der Waals surface area (Å²) in [5, 5.41) is 3.62. The van der Waals surface area contributed by atoms with Gasteiger partial charge in [-0.1, -0.05) is 35.5 Å². The molecule has 0 radical (unpaired) electrons. The third-order valence-electron chi connectivity index (χ3n) is 3.34. The van der Waals surface area contributed by atoms with Crippen molar-refractivity contribution in [2.24, 2.45) is 5.16 Å². The fourth-order valence-electron chi connectivity index (χ4n) is 2.20. The van der Waals surface area contributed by atoms with Crippen molar-refractivity contribution in [3.8, 4) is 0 Å². The Hall–Kier alpha value is -3.02. The van der Waals surface area contributed by atoms with Gasteiger partial charge in [-0.2, -0.15) is 0 Å². The van der Waals surface area contributed by atoms with Crippen LogP contribution in [0.25, 0.3) is 0 Å². The molecular formula is C16H11FN2O3. The Bertz CT molecular complexity index is 801. The van der Waals surface area contributed by atoms with E-state index in [1.807, 2.05) is 0 Å². The van der Waals surface area contributed by atoms with Crippen LogP contribution in [0.2, 0.25) is 0 Å². The first-order chi connectivity index (χ1) is 10.6. The normalized spacial score (nSPS) is 15.1. The van der Waals surface area contributed by atoms with E-state index in [9.17, 15) is 14.0 Å². The molecule has 0 unspecified atom stereocenters. The highest BCUT2D eigenvalue weighted by atomic mass is 19.1. The first-order valence-corrected chi connectivity index (χ1v) is 6.51. The van der Waals surface area contributed by atoms with Crippen LogP contribution in [-0.4, -0.2) is 24.6 Å². The lowest BCUT2D eigenvalue weighted by Gasteiger charge is -2.07. The second kappa shape index (κ2) is 5.40. The molecule has 2 aromatic carbocycles. The molecule has 0 spiro atoms. The molecule has 1 heterocycles. The third kappa shape index (κ3) is 2.24. The van der Waals surface area contributed by atoms with Gasteiger partial charge < -0.3 is 9.74 Å². The van der Waals surface area contributed by atoms with Crippen molar-refractivity contribution < 1.29 is 18.8 Å². The van der Waals surface area contributed by atoms with Crippen LogP contribution in [0.1, 0.15) is 15.9 Å². The van der Waals surface area contributed by atoms with E-state index in [-0.39, 0.29) is 17.2 Å². The van der Waals surface area contributed by atoms with Gasteiger partial charge in [-0.3, -0.25) is 4.79 Å². The van der Waals surface area contributed by atoms with Crippen molar-refractivity contribution in [3.63, 3.8) is 0 Å². The van der Waals surface area contributed by atoms with Gasteiger partial charge in [0.1, 0.15) is 5.82 Å². The summed E-state index contributed by atoms with van der Waals surface area (Å²) in [4.78, 5) is 30.1. The van der Waals surface area contributed by atoms with Crippen LogP contribution in [0, 0.1) is 5.82 Å². The molecule has 0 saturated carbocycles. The predicted molar refractivity (Wildman–Crippen MR) is 78.2 cm³/mol. The number of likely N-dealkylation sites (N-methyl/N-ethyl adjacent to an activating group) is 1. The molecule has 3 rings (SSSR count). The van der Waals surface area contributed by atoms with Crippen molar-refractivity contribution in [2.45, 2.75) is 0 Å². The smallest absolute Gasteiger partial charge is 0.312 e. The molecule has 110 valence electrons. The number of benzene rings is 2. The summed E-state index contributed by atoms with van der Waals surface area (Å²) in [6.45, 7) is 0. The number of hydrogen-bond acceptors (Lipinski definition) is 4. The fraction of sp³-hybridized carbons (Fsp3) is 0.0625. The summed E-state index contributed by atoms with van der Waals surface area (Å²) >= 11 is 0. The van der Waals surface area contributed by atoms with E-state index in [4.69, 9.17) is 4.84 Å². The van der Waals surface area contributed by atoms with Gasteiger partial charge in [0, 0.05) is 12.6 Å². The Morgan fingerprint density at radius 2 is 1.82 bits per heavy atom. The van der Waals surface area contributed by atoms with Gasteiger partial charge in [-0.15, -0.1) is 0 Å². The lowest BCUT2D eigenvalue weighted by Crippen LogP contribution is -2.26. The molecule has 1 aliphatic rings. The fourth-order valence-corrected chi connectivity index (χ4v) is 2.20. The first-order valence-electron chi connectivity index (χ1n) is 6.51. The summed E-state index contributed by atoms with van der Waals surface area (Å²) < 4.78 is 13.5. The molecule has 0 bridgehead atoms. The molecule has 0 saturated heterocycles. The van der Waals surface area contributed by atoms with E-state index in [2.05, 4.69) is 5.16 Å². The SMILES string of the molecule is CN1C(=O)/C(=N/OC(=O)c2ccccc2F)c2ccccc21. The lowest BCUT2D eigenvalue weighted by molar-refractivity contribution is -0.112. The van der Waals surface area contributed by atoms with E-state index in [0.29, 0.717) is 11.3 Å². The molecule has 0 atom stereocenters. The van der Waals surface area contributed by atoms with Crippen LogP contribution in [0.15, 0.2) is 53.7 Å². The second-order valence-corrected chi connectivity index (χ2v) is 4.68. The maximum Gasteiger partial charge on any atom is 0.368 e. The quantitative estimate of drug-likeness (QED) is 0.631. The zero-order chi connectivity index (χ0) is 15.7. The summed E-state index contributed by atoms with van der Waals surface area (Å²) in [5.74, 6) is -2.05. The summed E-state index contributed by atoms with van der Waals surface area (Å²) in [5.41, 5.74) is 1.02. The number of fused-ring (bicyclic) bond motifs is 1. The van der Waals surface area contributed by atoms with Crippen molar-refractivity contribution in [3.05, 3.63) is 65.5 Å². The van der Waals surface area contributed by atoms with Crippen molar-refractivity contribution in [2.75, 3.05) is 11.9 Å². The zero-order valence-electron chi connectivity index (χ0n) is 11.6. The summed E-state index contributed by atoms with van der Waals surface area (Å²) in [7, 11) is 1.60. The number of rotatable bonds is 2. The van der Waals surface area contributed by atoms with Gasteiger partial charge in [0.25, 0.3) is 5.91 Å². The number of para-hydroxylation sites is 1. The lowest BCUT2D eigenvalue weighted by atomic mass is 10.1. The van der Waals surface area contributed by atoms with Crippen LogP contribution >= 0.6 is 0 Å². The Kier molecular flexibility index (Phi) is 3.42. The Labute approximate surface area is 125 Å². The van der Waals surface area contributed by atoms with E-state index >= 15 is 0 Å². The standard InChI is InChI=1S/C16H11FN2O3/c1-19-13-9-5-3-7-11(13)14(15(19)20)18-22-16(21)10-6-2-4-8-12(10)17/h2-9H,1H3/b18-14+. The summed E-state index contributed by atoms with van der Waals surface area (Å²) in [6, 6.07) is 12.4. The van der Waals surface area contributed by atoms with Gasteiger partial charge in [-0.25, -0.2) is 9.18 Å². The highest BCUT2D eigenvalue weighted by Gasteiger charge is 2.32. The van der Waals surface area contributed by atoms with Gasteiger partial charge in [0.15, 0.2) is 5.71 Å². The number of carbonyl (C=O) groups is 2. The first kappa shape index (κ1) is 13.9. The van der Waals surface area contributed by atoms with E-state index < -0.39 is 11.8 Å². The average molecular weight is 298 g/mol. The van der Waals surface area contributed by atoms with E-state index in [0.717, 1.165) is 6.07 Å². The Morgan fingerprint density at radius 3 is 2.59 bits per heavy atom. The van der Waals surface area contributed by atoms with Gasteiger partial charge >= 0.3 is 5.97 Å². The number of hydrogen-bond donors (Lipinski definition) is 0. The Morgan fingerprint density at radius 1 is 1.14 bits per heavy atom. The predicted octanol–water partition coefficient (Wildman–Crippen LogP) is 2.36. The molecule has 0 N–H and O–H groups in total. The topological polar surface area (TPSA) is 59.0 Å². The van der Waals surface area contributed by atoms with E-state index in [1.165, 1.54) is 23.1 Å². The van der Waals surface area contributed by atoms with Crippen LogP contribution in [-0.2, 0) is 9.63 Å². The second-order valence-electron chi connectivity index (χ2n) is 4.68. The number of anilines is 1. The molecule has 0 fully saturated rings. The minimum Gasteiger partial charge on any atom is -0.312 e. The van der Waals surface area contributed by atoms with Crippen LogP contribution in [0.3, 0.4) is 0 Å². The largest absolute Gasteiger partial charge is 0.368 e. The Balaban J connectivity index is 1.89. The minimum atomic E-state index is -0.953. The highest BCUT2D eigenvalue weighted by molar-refractivity contribution is 6.54. The molecule has 6 heteroatoms. The highest BCUT2D eigenvalue weighted by Crippen LogP contribution is 2.27. The zero-order valence-corrected chi connectivity index (χ0v) is 11.6. The molecule has 0 aliphatic carbocycles. The summed E-state index contributed by atoms with van der Waals surface area (Å²) in [6.07, 6.45) is 0. The van der Waals surface area contributed by atoms with Gasteiger partial charge in [-0.05, 0) is 18.2 Å². The van der Waals surface area contributed by atoms with Gasteiger partial charge in [0.2, 0.25) is 0 Å². The molecule has 22 heavy (non-hydrogen) atoms.